The van der Waals surface area contributed by atoms with Crippen LogP contribution in [0.2, 0.25) is 0 Å². The van der Waals surface area contributed by atoms with Crippen LogP contribution in [0.3, 0.4) is 0 Å². The third-order valence-corrected chi connectivity index (χ3v) is 9.86. The van der Waals surface area contributed by atoms with Crippen LogP contribution in [-0.2, 0) is 28.7 Å². The van der Waals surface area contributed by atoms with Crippen molar-refractivity contribution < 1.29 is 47.8 Å². The minimum atomic E-state index is -1.17. The lowest BCUT2D eigenvalue weighted by Gasteiger charge is -2.29. The van der Waals surface area contributed by atoms with E-state index < -0.39 is 24.1 Å². The predicted octanol–water partition coefficient (Wildman–Crippen LogP) is 8.45. The van der Waals surface area contributed by atoms with Crippen LogP contribution in [0.15, 0.2) is 0 Å². The second-order valence-corrected chi connectivity index (χ2v) is 18.3. The first-order chi connectivity index (χ1) is 26.5. The quantitative estimate of drug-likeness (QED) is 0.0345. The topological polar surface area (TPSA) is 133 Å². The summed E-state index contributed by atoms with van der Waals surface area (Å²) in [5.41, 5.74) is 0. The molecule has 0 aliphatic rings. The summed E-state index contributed by atoms with van der Waals surface area (Å²) in [6.07, 6.45) is 31.9. The van der Waals surface area contributed by atoms with Crippen LogP contribution >= 0.6 is 0 Å². The maximum absolute atomic E-state index is 12.0. The number of unbranched alkanes of at least 4 members (excludes halogenated alkanes) is 24. The average Bonchev–Trinajstić information content (AvgIpc) is 3.07. The Bertz CT molecular complexity index is 884. The number of likely N-dealkylation sites (N-methyl/N-ethyl adjacent to an activating group) is 2. The summed E-state index contributed by atoms with van der Waals surface area (Å²) in [6, 6.07) is 0. The molecule has 0 saturated heterocycles. The van der Waals surface area contributed by atoms with Gasteiger partial charge in [-0.2, -0.15) is 0 Å². The predicted molar refractivity (Wildman–Crippen MR) is 225 cm³/mol. The Hall–Kier alpha value is -2.20. The highest BCUT2D eigenvalue weighted by Gasteiger charge is 2.23. The smallest absolute Gasteiger partial charge is 0.306 e. The van der Waals surface area contributed by atoms with E-state index in [1.807, 2.05) is 42.3 Å². The van der Waals surface area contributed by atoms with Crippen LogP contribution in [0.4, 0.5) is 0 Å². The minimum Gasteiger partial charge on any atom is -0.550 e. The van der Waals surface area contributed by atoms with Gasteiger partial charge in [0.15, 0.2) is 12.2 Å². The standard InChI is InChI=1S/2C23H45NO4/c2*1-5-6-7-8-9-10-11-12-13-14-15-16-17-18-23(27)28-21(19-22(25)26)20-24(2,3)4/h2*21H,5-20H2,1-4H3. The zero-order valence-electron chi connectivity index (χ0n) is 37.9. The third kappa shape index (κ3) is 46.2. The largest absolute Gasteiger partial charge is 0.550 e. The first-order valence-corrected chi connectivity index (χ1v) is 22.9. The molecule has 0 saturated carbocycles. The third-order valence-electron chi connectivity index (χ3n) is 9.86. The van der Waals surface area contributed by atoms with Gasteiger partial charge < -0.3 is 38.2 Å². The Morgan fingerprint density at radius 1 is 0.393 bits per heavy atom. The van der Waals surface area contributed by atoms with E-state index in [0.29, 0.717) is 34.9 Å². The Labute approximate surface area is 345 Å². The molecule has 0 aromatic carbocycles. The van der Waals surface area contributed by atoms with Gasteiger partial charge in [-0.15, -0.1) is 0 Å². The highest BCUT2D eigenvalue weighted by atomic mass is 16.5. The Morgan fingerprint density at radius 2 is 0.607 bits per heavy atom. The number of carbonyl (C=O) groups is 4. The maximum atomic E-state index is 12.0. The van der Waals surface area contributed by atoms with Gasteiger partial charge in [-0.05, 0) is 12.8 Å². The molecular weight excluding hydrogens is 709 g/mol. The van der Waals surface area contributed by atoms with Gasteiger partial charge in [-0.3, -0.25) is 9.59 Å². The van der Waals surface area contributed by atoms with Crippen LogP contribution in [0, 0.1) is 0 Å². The molecular formula is C46H90N2O8. The number of carbonyl (C=O) groups excluding carboxylic acids is 4. The van der Waals surface area contributed by atoms with E-state index in [0.717, 1.165) is 38.5 Å². The molecule has 0 spiro atoms. The molecule has 2 atom stereocenters. The van der Waals surface area contributed by atoms with Crippen molar-refractivity contribution in [1.29, 1.82) is 0 Å². The van der Waals surface area contributed by atoms with E-state index in [1.54, 1.807) is 0 Å². The van der Waals surface area contributed by atoms with Gasteiger partial charge in [0.25, 0.3) is 0 Å². The van der Waals surface area contributed by atoms with Crippen molar-refractivity contribution in [2.75, 3.05) is 55.4 Å². The van der Waals surface area contributed by atoms with Crippen molar-refractivity contribution in [2.45, 2.75) is 219 Å². The SMILES string of the molecule is CCCCCCCCCCCCCCCC(=O)OC(CC(=O)[O-])C[N+](C)(C)C.CCCCCCCCCCCCCCCC(=O)OC(CC(=O)[O-])C[N+](C)(C)C. The van der Waals surface area contributed by atoms with Crippen LogP contribution in [0.5, 0.6) is 0 Å². The van der Waals surface area contributed by atoms with Crippen LogP contribution < -0.4 is 10.2 Å². The summed E-state index contributed by atoms with van der Waals surface area (Å²) >= 11 is 0. The van der Waals surface area contributed by atoms with Crippen molar-refractivity contribution in [3.63, 3.8) is 0 Å². The van der Waals surface area contributed by atoms with Gasteiger partial charge in [0.2, 0.25) is 0 Å². The fourth-order valence-electron chi connectivity index (χ4n) is 6.94. The number of hydrogen-bond acceptors (Lipinski definition) is 8. The Morgan fingerprint density at radius 3 is 0.804 bits per heavy atom. The lowest BCUT2D eigenvalue weighted by atomic mass is 10.0. The minimum absolute atomic E-state index is 0.236. The highest BCUT2D eigenvalue weighted by Crippen LogP contribution is 2.16. The van der Waals surface area contributed by atoms with Crippen LogP contribution in [-0.4, -0.2) is 100 Å². The fourth-order valence-corrected chi connectivity index (χ4v) is 6.94. The lowest BCUT2D eigenvalue weighted by molar-refractivity contribution is -0.873. The van der Waals surface area contributed by atoms with E-state index in [-0.39, 0.29) is 24.8 Å². The molecule has 0 heterocycles. The normalized spacial score (nSPS) is 12.7. The number of rotatable bonds is 38. The summed E-state index contributed by atoms with van der Waals surface area (Å²) in [4.78, 5) is 45.7. The molecule has 0 bridgehead atoms. The number of ether oxygens (including phenoxy) is 2. The number of nitrogens with zero attached hydrogens (tertiary/aromatic N) is 2. The Balaban J connectivity index is 0. The summed E-state index contributed by atoms with van der Waals surface area (Å²) in [7, 11) is 11.7. The first-order valence-electron chi connectivity index (χ1n) is 22.9. The summed E-state index contributed by atoms with van der Waals surface area (Å²) in [6.45, 7) is 5.45. The number of hydrogen-bond donors (Lipinski definition) is 0. The van der Waals surface area contributed by atoms with Gasteiger partial charge in [0, 0.05) is 37.6 Å². The van der Waals surface area contributed by atoms with Crippen LogP contribution in [0.1, 0.15) is 206 Å². The second kappa shape index (κ2) is 37.1. The van der Waals surface area contributed by atoms with Gasteiger partial charge in [0.1, 0.15) is 13.1 Å². The fraction of sp³-hybridized carbons (Fsp3) is 0.913. The van der Waals surface area contributed by atoms with Gasteiger partial charge >= 0.3 is 11.9 Å². The zero-order valence-corrected chi connectivity index (χ0v) is 37.9. The zero-order chi connectivity index (χ0) is 42.5. The first kappa shape index (κ1) is 55.9. The number of carboxylic acids is 2. The van der Waals surface area contributed by atoms with Crippen molar-refractivity contribution in [1.82, 2.24) is 0 Å². The van der Waals surface area contributed by atoms with Crippen LogP contribution in [0.25, 0.3) is 0 Å². The average molecular weight is 799 g/mol. The molecule has 0 aliphatic carbocycles. The van der Waals surface area contributed by atoms with Gasteiger partial charge in [-0.1, -0.05) is 168 Å². The highest BCUT2D eigenvalue weighted by molar-refractivity contribution is 5.71. The Kier molecular flexibility index (Phi) is 37.0. The lowest BCUT2D eigenvalue weighted by Crippen LogP contribution is -2.45. The van der Waals surface area contributed by atoms with Crippen molar-refractivity contribution in [3.05, 3.63) is 0 Å². The molecule has 0 aliphatic heterocycles. The molecule has 0 fully saturated rings. The molecule has 0 amide bonds. The van der Waals surface area contributed by atoms with Crippen molar-refractivity contribution in [2.24, 2.45) is 0 Å². The molecule has 0 aromatic rings. The maximum Gasteiger partial charge on any atom is 0.306 e. The number of quaternary nitrogens is 2. The van der Waals surface area contributed by atoms with E-state index >= 15 is 0 Å². The number of carboxylic acid groups (broad SMARTS) is 2. The molecule has 10 heteroatoms. The molecule has 56 heavy (non-hydrogen) atoms. The molecule has 10 nitrogen and oxygen atoms in total. The van der Waals surface area contributed by atoms with Gasteiger partial charge in [-0.25, -0.2) is 0 Å². The van der Waals surface area contributed by atoms with E-state index in [9.17, 15) is 29.4 Å². The monoisotopic (exact) mass is 799 g/mol. The number of aliphatic carboxylic acids is 2. The molecule has 0 rings (SSSR count). The molecule has 0 aromatic heterocycles. The van der Waals surface area contributed by atoms with E-state index in [4.69, 9.17) is 9.47 Å². The molecule has 0 N–H and O–H groups in total. The van der Waals surface area contributed by atoms with E-state index in [2.05, 4.69) is 13.8 Å². The summed E-state index contributed by atoms with van der Waals surface area (Å²) in [5.74, 6) is -2.93. The number of esters is 2. The van der Waals surface area contributed by atoms with Crippen molar-refractivity contribution in [3.8, 4) is 0 Å². The van der Waals surface area contributed by atoms with E-state index in [1.165, 1.54) is 128 Å². The molecule has 2 unspecified atom stereocenters. The van der Waals surface area contributed by atoms with Crippen molar-refractivity contribution >= 4 is 23.9 Å². The van der Waals surface area contributed by atoms with Gasteiger partial charge in [0.05, 0.1) is 42.3 Å². The second-order valence-electron chi connectivity index (χ2n) is 18.3. The molecule has 0 radical (unpaired) electrons. The summed E-state index contributed by atoms with van der Waals surface area (Å²) in [5, 5.41) is 21.7. The molecule has 332 valence electrons. The summed E-state index contributed by atoms with van der Waals surface area (Å²) < 4.78 is 11.8.